The maximum Gasteiger partial charge on any atom is 0.154 e. The van der Waals surface area contributed by atoms with Crippen LogP contribution in [0.2, 0.25) is 0 Å². The summed E-state index contributed by atoms with van der Waals surface area (Å²) in [5, 5.41) is 36.3. The highest BCUT2D eigenvalue weighted by atomic mass is 15.3. The first-order chi connectivity index (χ1) is 26.0. The van der Waals surface area contributed by atoms with Gasteiger partial charge in [0.15, 0.2) is 5.82 Å². The molecule has 4 aliphatic heterocycles. The fraction of sp³-hybridized carbons (Fsp3) is 0.475. The average molecular weight is 708 g/mol. The largest absolute Gasteiger partial charge is 0.367 e. The van der Waals surface area contributed by atoms with Gasteiger partial charge in [0.05, 0.1) is 23.9 Å². The van der Waals surface area contributed by atoms with Crippen molar-refractivity contribution in [2.24, 2.45) is 0 Å². The van der Waals surface area contributed by atoms with E-state index in [0.29, 0.717) is 60.7 Å². The minimum absolute atomic E-state index is 0.307. The van der Waals surface area contributed by atoms with Crippen molar-refractivity contribution in [1.82, 2.24) is 39.5 Å². The van der Waals surface area contributed by atoms with Gasteiger partial charge < -0.3 is 16.0 Å². The lowest BCUT2D eigenvalue weighted by atomic mass is 9.97. The van der Waals surface area contributed by atoms with Crippen molar-refractivity contribution in [2.45, 2.75) is 107 Å². The zero-order valence-electron chi connectivity index (χ0n) is 30.1. The molecule has 0 amide bonds. The highest BCUT2D eigenvalue weighted by Crippen LogP contribution is 2.39. The van der Waals surface area contributed by atoms with Crippen molar-refractivity contribution in [3.8, 4) is 17.8 Å². The Morgan fingerprint density at radius 1 is 0.736 bits per heavy atom. The Labute approximate surface area is 309 Å². The van der Waals surface area contributed by atoms with E-state index in [2.05, 4.69) is 55.0 Å². The molecule has 6 atom stereocenters. The first kappa shape index (κ1) is 33.5. The van der Waals surface area contributed by atoms with E-state index < -0.39 is 0 Å². The van der Waals surface area contributed by atoms with Crippen molar-refractivity contribution in [2.75, 3.05) is 29.0 Å². The minimum atomic E-state index is 0.307. The first-order valence-corrected chi connectivity index (χ1v) is 19.2. The van der Waals surface area contributed by atoms with Gasteiger partial charge in [-0.2, -0.15) is 10.5 Å². The molecular formula is C40H45N13. The van der Waals surface area contributed by atoms with Gasteiger partial charge in [-0.05, 0) is 82.6 Å². The van der Waals surface area contributed by atoms with Crippen LogP contribution in [0, 0.1) is 29.6 Å². The molecule has 0 saturated carbocycles. The van der Waals surface area contributed by atoms with Crippen LogP contribution in [-0.2, 0) is 0 Å². The molecule has 13 heteroatoms. The number of hydrogen-bond donors (Lipinski definition) is 3. The third-order valence-corrected chi connectivity index (χ3v) is 12.0. The van der Waals surface area contributed by atoms with Crippen molar-refractivity contribution >= 4 is 45.1 Å². The van der Waals surface area contributed by atoms with Crippen LogP contribution in [0.15, 0.2) is 55.0 Å². The van der Waals surface area contributed by atoms with E-state index in [4.69, 9.17) is 30.6 Å². The first-order valence-electron chi connectivity index (χ1n) is 19.2. The van der Waals surface area contributed by atoms with Gasteiger partial charge >= 0.3 is 0 Å². The molecule has 270 valence electrons. The molecule has 5 aromatic rings. The quantitative estimate of drug-likeness (QED) is 0.138. The molecule has 0 unspecified atom stereocenters. The van der Waals surface area contributed by atoms with Crippen LogP contribution in [0.3, 0.4) is 0 Å². The summed E-state index contributed by atoms with van der Waals surface area (Å²) in [6.07, 6.45) is 15.7. The smallest absolute Gasteiger partial charge is 0.154 e. The molecule has 0 aliphatic carbocycles. The van der Waals surface area contributed by atoms with Gasteiger partial charge in [-0.1, -0.05) is 0 Å². The number of aromatic nitrogens is 6. The SMILES string of the molecule is Cc1cc(Nc2cc3ncccc3c(N[C@@H]3C[C@H]4CC[C@@H](C3)N4CCC#N)n2)nn1-c1cnc(N[C@@H]2C[C@H]3CC[C@@H](C2)N3CCC#N)c2cccnc12. The van der Waals surface area contributed by atoms with E-state index in [1.165, 1.54) is 25.7 Å². The monoisotopic (exact) mass is 707 g/mol. The normalized spacial score (nSPS) is 25.3. The number of rotatable bonds is 11. The number of piperidine rings is 2. The Bertz CT molecular complexity index is 2190. The lowest BCUT2D eigenvalue weighted by molar-refractivity contribution is 0.135. The van der Waals surface area contributed by atoms with Crippen LogP contribution < -0.4 is 16.0 Å². The highest BCUT2D eigenvalue weighted by molar-refractivity contribution is 5.94. The fourth-order valence-electron chi connectivity index (χ4n) is 9.75. The molecule has 53 heavy (non-hydrogen) atoms. The number of nitrogens with zero attached hydrogens (tertiary/aromatic N) is 10. The number of fused-ring (bicyclic) bond motifs is 6. The second-order valence-corrected chi connectivity index (χ2v) is 15.2. The lowest BCUT2D eigenvalue weighted by Gasteiger charge is -2.39. The van der Waals surface area contributed by atoms with Gasteiger partial charge in [-0.15, -0.1) is 5.10 Å². The molecule has 9 heterocycles. The number of pyridine rings is 4. The van der Waals surface area contributed by atoms with Crippen molar-refractivity contribution in [3.63, 3.8) is 0 Å². The predicted octanol–water partition coefficient (Wildman–Crippen LogP) is 6.45. The molecule has 0 spiro atoms. The zero-order chi connectivity index (χ0) is 35.9. The summed E-state index contributed by atoms with van der Waals surface area (Å²) >= 11 is 0. The molecule has 0 radical (unpaired) electrons. The highest BCUT2D eigenvalue weighted by Gasteiger charge is 2.41. The maximum absolute atomic E-state index is 9.15. The Morgan fingerprint density at radius 2 is 1.34 bits per heavy atom. The molecule has 4 aliphatic rings. The molecule has 13 nitrogen and oxygen atoms in total. The van der Waals surface area contributed by atoms with Crippen molar-refractivity contribution in [3.05, 3.63) is 60.7 Å². The topological polar surface area (TPSA) is 160 Å². The van der Waals surface area contributed by atoms with Crippen LogP contribution >= 0.6 is 0 Å². The maximum atomic E-state index is 9.15. The average Bonchev–Trinajstić information content (AvgIpc) is 3.74. The summed E-state index contributed by atoms with van der Waals surface area (Å²) in [6, 6.07) is 19.4. The van der Waals surface area contributed by atoms with Gasteiger partial charge in [0, 0.05) is 103 Å². The van der Waals surface area contributed by atoms with Gasteiger partial charge in [0.1, 0.15) is 28.7 Å². The van der Waals surface area contributed by atoms with E-state index in [9.17, 15) is 0 Å². The van der Waals surface area contributed by atoms with E-state index >= 15 is 0 Å². The number of nitrogens with one attached hydrogen (secondary N) is 3. The van der Waals surface area contributed by atoms with Crippen LogP contribution in [0.5, 0.6) is 0 Å². The molecular weight excluding hydrogens is 663 g/mol. The standard InChI is InChI=1S/C40H45N13/c1-25-18-37(48-36-23-34-32(6-2-14-43-34)40(49-36)47-27-21-30-10-11-31(22-27)52(30)17-5-13-42)50-53(25)35-24-45-39(33-7-3-15-44-38(33)35)46-26-19-28-8-9-29(20-26)51(28)16-4-12-41/h2-3,6-7,14-15,18,23-24,26-31H,4-5,8-11,16-17,19-22H2,1H3,(H,45,46)(H2,47,48,49,50)/t26-,27-,28-,29+,30-,31+. The molecule has 4 saturated heterocycles. The molecule has 3 N–H and O–H groups in total. The van der Waals surface area contributed by atoms with Crippen LogP contribution in [0.4, 0.5) is 23.3 Å². The number of aryl methyl sites for hydroxylation is 1. The number of anilines is 4. The Morgan fingerprint density at radius 3 is 1.98 bits per heavy atom. The minimum Gasteiger partial charge on any atom is -0.367 e. The zero-order valence-corrected chi connectivity index (χ0v) is 30.1. The van der Waals surface area contributed by atoms with Gasteiger partial charge in [-0.3, -0.25) is 19.8 Å². The third kappa shape index (κ3) is 6.49. The molecule has 4 bridgehead atoms. The van der Waals surface area contributed by atoms with E-state index in [-0.39, 0.29) is 0 Å². The summed E-state index contributed by atoms with van der Waals surface area (Å²) in [5.74, 6) is 3.02. The molecule has 5 aromatic heterocycles. The van der Waals surface area contributed by atoms with Gasteiger partial charge in [0.25, 0.3) is 0 Å². The fourth-order valence-corrected chi connectivity index (χ4v) is 9.75. The number of nitriles is 2. The summed E-state index contributed by atoms with van der Waals surface area (Å²) in [5.41, 5.74) is 3.46. The second kappa shape index (κ2) is 14.2. The Balaban J connectivity index is 0.943. The molecule has 9 rings (SSSR count). The molecule has 0 aromatic carbocycles. The Hall–Kier alpha value is -5.37. The third-order valence-electron chi connectivity index (χ3n) is 12.0. The molecule has 4 fully saturated rings. The van der Waals surface area contributed by atoms with Crippen LogP contribution in [-0.4, -0.2) is 88.9 Å². The lowest BCUT2D eigenvalue weighted by Crippen LogP contribution is -2.47. The van der Waals surface area contributed by atoms with Crippen molar-refractivity contribution < 1.29 is 0 Å². The summed E-state index contributed by atoms with van der Waals surface area (Å²) < 4.78 is 1.90. The van der Waals surface area contributed by atoms with Crippen LogP contribution in [0.25, 0.3) is 27.5 Å². The summed E-state index contributed by atoms with van der Waals surface area (Å²) in [6.45, 7) is 3.77. The summed E-state index contributed by atoms with van der Waals surface area (Å²) in [7, 11) is 0. The second-order valence-electron chi connectivity index (χ2n) is 15.2. The number of hydrogen-bond acceptors (Lipinski definition) is 12. The predicted molar refractivity (Wildman–Crippen MR) is 205 cm³/mol. The van der Waals surface area contributed by atoms with E-state index in [1.807, 2.05) is 54.5 Å². The van der Waals surface area contributed by atoms with Gasteiger partial charge in [-0.25, -0.2) is 14.6 Å². The summed E-state index contributed by atoms with van der Waals surface area (Å²) in [4.78, 5) is 24.6. The van der Waals surface area contributed by atoms with E-state index in [1.54, 1.807) is 0 Å². The van der Waals surface area contributed by atoms with E-state index in [0.717, 1.165) is 83.6 Å². The Kier molecular flexibility index (Phi) is 8.98. The van der Waals surface area contributed by atoms with Crippen LogP contribution in [0.1, 0.15) is 69.9 Å². The van der Waals surface area contributed by atoms with Gasteiger partial charge in [0.2, 0.25) is 0 Å². The van der Waals surface area contributed by atoms with Crippen molar-refractivity contribution in [1.29, 1.82) is 10.5 Å².